The molecule has 22 heavy (non-hydrogen) atoms. The van der Waals surface area contributed by atoms with Gasteiger partial charge in [0.25, 0.3) is 8.32 Å². The van der Waals surface area contributed by atoms with Gasteiger partial charge in [0.05, 0.1) is 0 Å². The summed E-state index contributed by atoms with van der Waals surface area (Å²) < 4.78 is 12.3. The van der Waals surface area contributed by atoms with Crippen molar-refractivity contribution >= 4 is 22.6 Å². The molecule has 0 aliphatic carbocycles. The normalized spacial score (nSPS) is 15.6. The second-order valence-corrected chi connectivity index (χ2v) is 18.8. The first-order chi connectivity index (χ1) is 9.55. The molecule has 0 saturated heterocycles. The third-order valence-electron chi connectivity index (χ3n) is 5.22. The molecule has 132 valence electrons. The van der Waals surface area contributed by atoms with Crippen molar-refractivity contribution in [1.82, 2.24) is 0 Å². The Balaban J connectivity index is 5.16. The Hall–Kier alpha value is -0.136. The summed E-state index contributed by atoms with van der Waals surface area (Å²) in [4.78, 5) is 12.7. The van der Waals surface area contributed by atoms with E-state index in [-0.39, 0.29) is 16.0 Å². The first-order valence-corrected chi connectivity index (χ1v) is 14.3. The highest BCUT2D eigenvalue weighted by Crippen LogP contribution is 2.39. The molecule has 0 radical (unpaired) electrons. The molecular formula is C17H38O3Si2. The van der Waals surface area contributed by atoms with Gasteiger partial charge in [0.2, 0.25) is 0 Å². The number of carbonyl (C=O) groups is 1. The fourth-order valence-electron chi connectivity index (χ4n) is 1.49. The van der Waals surface area contributed by atoms with Crippen molar-refractivity contribution in [2.24, 2.45) is 0 Å². The van der Waals surface area contributed by atoms with E-state index in [1.165, 1.54) is 0 Å². The molecule has 0 aliphatic heterocycles. The van der Waals surface area contributed by atoms with Gasteiger partial charge in [-0.2, -0.15) is 0 Å². The van der Waals surface area contributed by atoms with E-state index >= 15 is 0 Å². The highest BCUT2D eigenvalue weighted by Gasteiger charge is 2.44. The summed E-state index contributed by atoms with van der Waals surface area (Å²) in [7, 11) is -4.07. The molecule has 0 spiro atoms. The van der Waals surface area contributed by atoms with Crippen molar-refractivity contribution in [3.8, 4) is 0 Å². The quantitative estimate of drug-likeness (QED) is 0.576. The number of hydrogen-bond donors (Lipinski definition) is 0. The van der Waals surface area contributed by atoms with Gasteiger partial charge in [-0.1, -0.05) is 54.9 Å². The maximum Gasteiger partial charge on any atom is 0.320 e. The van der Waals surface area contributed by atoms with E-state index in [0.717, 1.165) is 12.8 Å². The van der Waals surface area contributed by atoms with Crippen molar-refractivity contribution in [2.45, 2.75) is 104 Å². The van der Waals surface area contributed by atoms with Gasteiger partial charge in [-0.05, 0) is 42.7 Å². The molecule has 5 heteroatoms. The molecule has 0 aliphatic rings. The molecule has 3 nitrogen and oxygen atoms in total. The van der Waals surface area contributed by atoms with Crippen LogP contribution in [0.4, 0.5) is 0 Å². The van der Waals surface area contributed by atoms with Crippen molar-refractivity contribution in [1.29, 1.82) is 0 Å². The minimum atomic E-state index is -2.10. The molecule has 0 heterocycles. The highest BCUT2D eigenvalue weighted by molar-refractivity contribution is 6.76. The van der Waals surface area contributed by atoms with Gasteiger partial charge in [0, 0.05) is 0 Å². The lowest BCUT2D eigenvalue weighted by Crippen LogP contribution is -2.50. The number of hydrogen-bond acceptors (Lipinski definition) is 3. The average molecular weight is 347 g/mol. The van der Waals surface area contributed by atoms with Gasteiger partial charge in [-0.3, -0.25) is 4.79 Å². The van der Waals surface area contributed by atoms with Crippen LogP contribution in [-0.2, 0) is 13.6 Å². The number of carbonyl (C=O) groups excluding carboxylic acids is 1. The first kappa shape index (κ1) is 21.9. The molecule has 0 N–H and O–H groups in total. The summed E-state index contributed by atoms with van der Waals surface area (Å²) in [6, 6.07) is 0. The van der Waals surface area contributed by atoms with E-state index < -0.39 is 22.7 Å². The molecule has 0 fully saturated rings. The van der Waals surface area contributed by atoms with Crippen LogP contribution < -0.4 is 0 Å². The maximum absolute atomic E-state index is 12.7. The molecule has 0 aromatic rings. The molecule has 0 aromatic carbocycles. The van der Waals surface area contributed by atoms with Crippen LogP contribution in [-0.4, -0.2) is 28.7 Å². The van der Waals surface area contributed by atoms with Gasteiger partial charge < -0.3 is 8.85 Å². The molecule has 1 unspecified atom stereocenters. The Bertz CT molecular complexity index is 376. The Morgan fingerprint density at radius 2 is 1.32 bits per heavy atom. The van der Waals surface area contributed by atoms with E-state index in [0.29, 0.717) is 0 Å². The fraction of sp³-hybridized carbons (Fsp3) is 0.941. The van der Waals surface area contributed by atoms with Crippen LogP contribution in [0.2, 0.25) is 36.3 Å². The highest BCUT2D eigenvalue weighted by atomic mass is 28.4. The zero-order valence-electron chi connectivity index (χ0n) is 16.7. The summed E-state index contributed by atoms with van der Waals surface area (Å²) in [6.45, 7) is 23.7. The summed E-state index contributed by atoms with van der Waals surface area (Å²) in [6.07, 6.45) is 1.24. The van der Waals surface area contributed by atoms with E-state index in [4.69, 9.17) is 8.85 Å². The van der Waals surface area contributed by atoms with E-state index in [1.807, 2.05) is 0 Å². The van der Waals surface area contributed by atoms with Gasteiger partial charge in [-0.15, -0.1) is 0 Å². The minimum absolute atomic E-state index is 0.0242. The predicted molar refractivity (Wildman–Crippen MR) is 100 cm³/mol. The molecule has 0 rings (SSSR count). The van der Waals surface area contributed by atoms with Crippen LogP contribution >= 0.6 is 0 Å². The lowest BCUT2D eigenvalue weighted by molar-refractivity contribution is -0.144. The van der Waals surface area contributed by atoms with Gasteiger partial charge in [0.1, 0.15) is 6.10 Å². The summed E-state index contributed by atoms with van der Waals surface area (Å²) >= 11 is 0. The summed E-state index contributed by atoms with van der Waals surface area (Å²) in [5.41, 5.74) is 0. The molecule has 0 saturated carbocycles. The zero-order valence-corrected chi connectivity index (χ0v) is 18.7. The van der Waals surface area contributed by atoms with Gasteiger partial charge in [0.15, 0.2) is 8.32 Å². The first-order valence-electron chi connectivity index (χ1n) is 8.46. The van der Waals surface area contributed by atoms with Crippen LogP contribution in [0.25, 0.3) is 0 Å². The molecule has 1 atom stereocenters. The van der Waals surface area contributed by atoms with Crippen molar-refractivity contribution in [3.63, 3.8) is 0 Å². The van der Waals surface area contributed by atoms with E-state index in [9.17, 15) is 4.79 Å². The Labute approximate surface area is 140 Å². The van der Waals surface area contributed by atoms with Crippen LogP contribution in [0.15, 0.2) is 0 Å². The Morgan fingerprint density at radius 1 is 0.909 bits per heavy atom. The van der Waals surface area contributed by atoms with Crippen molar-refractivity contribution in [2.75, 3.05) is 0 Å². The topological polar surface area (TPSA) is 35.5 Å². The summed E-state index contributed by atoms with van der Waals surface area (Å²) in [5.74, 6) is -0.154. The third-order valence-corrected chi connectivity index (χ3v) is 14.0. The monoisotopic (exact) mass is 346 g/mol. The van der Waals surface area contributed by atoms with E-state index in [1.54, 1.807) is 0 Å². The van der Waals surface area contributed by atoms with Crippen molar-refractivity contribution < 1.29 is 13.6 Å². The van der Waals surface area contributed by atoms with Crippen LogP contribution in [0.1, 0.15) is 61.3 Å². The number of rotatable bonds is 6. The van der Waals surface area contributed by atoms with Crippen LogP contribution in [0.5, 0.6) is 0 Å². The average Bonchev–Trinajstić information content (AvgIpc) is 2.24. The van der Waals surface area contributed by atoms with E-state index in [2.05, 4.69) is 74.7 Å². The summed E-state index contributed by atoms with van der Waals surface area (Å²) in [5, 5.41) is 0.118. The lowest BCUT2D eigenvalue weighted by atomic mass is 10.2. The lowest BCUT2D eigenvalue weighted by Gasteiger charge is -2.40. The van der Waals surface area contributed by atoms with Crippen LogP contribution in [0.3, 0.4) is 0 Å². The third kappa shape index (κ3) is 5.82. The standard InChI is InChI=1S/C17H38O3Si2/c1-12-13-14(19-21(8,9)16(2,3)4)15(18)20-22(10,11)17(5,6)7/h14H,12-13H2,1-11H3. The largest absolute Gasteiger partial charge is 0.517 e. The second-order valence-electron chi connectivity index (χ2n) is 9.34. The van der Waals surface area contributed by atoms with Crippen molar-refractivity contribution in [3.05, 3.63) is 0 Å². The molecule has 0 amide bonds. The fourth-order valence-corrected chi connectivity index (χ4v) is 3.71. The Morgan fingerprint density at radius 3 is 1.64 bits per heavy atom. The van der Waals surface area contributed by atoms with Gasteiger partial charge in [-0.25, -0.2) is 0 Å². The Kier molecular flexibility index (Phi) is 7.13. The zero-order chi connectivity index (χ0) is 18.0. The second kappa shape index (κ2) is 7.18. The SMILES string of the molecule is CCCC(O[Si](C)(C)C(C)(C)C)C(=O)O[Si](C)(C)C(C)(C)C. The molecule has 0 bridgehead atoms. The maximum atomic E-state index is 12.7. The smallest absolute Gasteiger partial charge is 0.320 e. The molecular weight excluding hydrogens is 308 g/mol. The molecule has 0 aromatic heterocycles. The minimum Gasteiger partial charge on any atom is -0.517 e. The predicted octanol–water partition coefficient (Wildman–Crippen LogP) is 5.73. The van der Waals surface area contributed by atoms with Crippen LogP contribution in [0, 0.1) is 0 Å². The van der Waals surface area contributed by atoms with Gasteiger partial charge >= 0.3 is 5.97 Å².